The number of hydrogen-bond donors (Lipinski definition) is 0. The first kappa shape index (κ1) is 17.4. The maximum atomic E-state index is 12.5. The third-order valence-electron chi connectivity index (χ3n) is 5.28. The van der Waals surface area contributed by atoms with Gasteiger partial charge in [-0.1, -0.05) is 13.8 Å². The Hall–Kier alpha value is -1.46. The highest BCUT2D eigenvalue weighted by atomic mass is 16.2. The predicted octanol–water partition coefficient (Wildman–Crippen LogP) is 1.96. The highest BCUT2D eigenvalue weighted by molar-refractivity contribution is 5.94. The molecule has 2 aliphatic heterocycles. The van der Waals surface area contributed by atoms with Gasteiger partial charge in [0.1, 0.15) is 0 Å². The summed E-state index contributed by atoms with van der Waals surface area (Å²) in [5, 5.41) is 0. The number of amides is 1. The summed E-state index contributed by atoms with van der Waals surface area (Å²) in [6, 6.07) is 4.80. The van der Waals surface area contributed by atoms with Crippen LogP contribution >= 0.6 is 0 Å². The summed E-state index contributed by atoms with van der Waals surface area (Å²) in [5.41, 5.74) is 0.748. The number of hydrogen-bond acceptors (Lipinski definition) is 4. The van der Waals surface area contributed by atoms with Crippen molar-refractivity contribution < 1.29 is 4.79 Å². The van der Waals surface area contributed by atoms with Crippen LogP contribution in [0.1, 0.15) is 37.0 Å². The van der Waals surface area contributed by atoms with Crippen LogP contribution in [0.3, 0.4) is 0 Å². The van der Waals surface area contributed by atoms with Gasteiger partial charge in [-0.25, -0.2) is 0 Å². The predicted molar refractivity (Wildman–Crippen MR) is 96.0 cm³/mol. The molecule has 0 atom stereocenters. The quantitative estimate of drug-likeness (QED) is 0.827. The van der Waals surface area contributed by atoms with E-state index in [0.29, 0.717) is 18.0 Å². The second kappa shape index (κ2) is 7.62. The zero-order valence-electron chi connectivity index (χ0n) is 15.2. The topological polar surface area (TPSA) is 39.7 Å². The molecule has 0 bridgehead atoms. The van der Waals surface area contributed by atoms with Gasteiger partial charge in [0.15, 0.2) is 0 Å². The van der Waals surface area contributed by atoms with Crippen molar-refractivity contribution in [2.75, 3.05) is 39.8 Å². The van der Waals surface area contributed by atoms with Gasteiger partial charge in [-0.3, -0.25) is 14.7 Å². The van der Waals surface area contributed by atoms with Crippen LogP contribution in [-0.2, 0) is 0 Å². The molecule has 3 heterocycles. The lowest BCUT2D eigenvalue weighted by Gasteiger charge is -2.50. The fourth-order valence-corrected chi connectivity index (χ4v) is 3.85. The summed E-state index contributed by atoms with van der Waals surface area (Å²) >= 11 is 0. The Morgan fingerprint density at radius 1 is 1.21 bits per heavy atom. The minimum Gasteiger partial charge on any atom is -0.335 e. The van der Waals surface area contributed by atoms with E-state index in [2.05, 4.69) is 35.7 Å². The van der Waals surface area contributed by atoms with Crippen LogP contribution in [0.25, 0.3) is 0 Å². The molecule has 24 heavy (non-hydrogen) atoms. The molecular weight excluding hydrogens is 300 g/mol. The molecule has 0 N–H and O–H groups in total. The molecule has 2 saturated heterocycles. The van der Waals surface area contributed by atoms with E-state index in [9.17, 15) is 4.79 Å². The van der Waals surface area contributed by atoms with Crippen molar-refractivity contribution in [3.05, 3.63) is 30.1 Å². The average Bonchev–Trinajstić information content (AvgIpc) is 2.53. The fourth-order valence-electron chi connectivity index (χ4n) is 3.85. The Bertz CT molecular complexity index is 534. The standard InChI is InChI=1S/C19H30N4O/c1-15(2)12-23(17-6-10-21(3)11-7-17)18-13-22(14-18)19(24)16-4-8-20-9-5-16/h4-5,8-9,15,17-18H,6-7,10-14H2,1-3H3. The first-order chi connectivity index (χ1) is 11.5. The molecule has 1 aromatic rings. The maximum Gasteiger partial charge on any atom is 0.254 e. The van der Waals surface area contributed by atoms with Crippen LogP contribution in [0.2, 0.25) is 0 Å². The van der Waals surface area contributed by atoms with E-state index in [-0.39, 0.29) is 5.91 Å². The van der Waals surface area contributed by atoms with Gasteiger partial charge in [0.05, 0.1) is 0 Å². The van der Waals surface area contributed by atoms with E-state index >= 15 is 0 Å². The highest BCUT2D eigenvalue weighted by Crippen LogP contribution is 2.25. The maximum absolute atomic E-state index is 12.5. The van der Waals surface area contributed by atoms with Crippen LogP contribution < -0.4 is 0 Å². The molecule has 5 nitrogen and oxygen atoms in total. The third-order valence-corrected chi connectivity index (χ3v) is 5.28. The fraction of sp³-hybridized carbons (Fsp3) is 0.684. The van der Waals surface area contributed by atoms with Crippen molar-refractivity contribution in [3.8, 4) is 0 Å². The number of rotatable bonds is 5. The molecule has 0 aromatic carbocycles. The molecular formula is C19H30N4O. The molecule has 0 saturated carbocycles. The molecule has 1 amide bonds. The summed E-state index contributed by atoms with van der Waals surface area (Å²) in [7, 11) is 2.21. The number of likely N-dealkylation sites (tertiary alicyclic amines) is 2. The molecule has 132 valence electrons. The molecule has 2 fully saturated rings. The van der Waals surface area contributed by atoms with Gasteiger partial charge in [0.2, 0.25) is 0 Å². The smallest absolute Gasteiger partial charge is 0.254 e. The Morgan fingerprint density at radius 2 is 1.83 bits per heavy atom. The van der Waals surface area contributed by atoms with E-state index in [4.69, 9.17) is 0 Å². The molecule has 0 spiro atoms. The van der Waals surface area contributed by atoms with Gasteiger partial charge in [-0.2, -0.15) is 0 Å². The van der Waals surface area contributed by atoms with Crippen molar-refractivity contribution >= 4 is 5.91 Å². The number of nitrogens with zero attached hydrogens (tertiary/aromatic N) is 4. The molecule has 3 rings (SSSR count). The Balaban J connectivity index is 1.59. The molecule has 0 radical (unpaired) electrons. The Morgan fingerprint density at radius 3 is 2.42 bits per heavy atom. The summed E-state index contributed by atoms with van der Waals surface area (Å²) in [6.45, 7) is 9.81. The Kier molecular flexibility index (Phi) is 5.51. The van der Waals surface area contributed by atoms with Gasteiger partial charge in [0, 0.05) is 49.7 Å². The zero-order valence-corrected chi connectivity index (χ0v) is 15.2. The summed E-state index contributed by atoms with van der Waals surface area (Å²) in [4.78, 5) is 23.6. The van der Waals surface area contributed by atoms with Crippen LogP contribution in [-0.4, -0.2) is 77.4 Å². The molecule has 0 aliphatic carbocycles. The van der Waals surface area contributed by atoms with Gasteiger partial charge in [-0.05, 0) is 51.0 Å². The van der Waals surface area contributed by atoms with Gasteiger partial charge in [-0.15, -0.1) is 0 Å². The minimum atomic E-state index is 0.140. The van der Waals surface area contributed by atoms with Crippen LogP contribution in [0.5, 0.6) is 0 Å². The lowest BCUT2D eigenvalue weighted by molar-refractivity contribution is -0.00800. The van der Waals surface area contributed by atoms with Crippen LogP contribution in [0.4, 0.5) is 0 Å². The first-order valence-electron chi connectivity index (χ1n) is 9.18. The van der Waals surface area contributed by atoms with Crippen molar-refractivity contribution in [2.45, 2.75) is 38.8 Å². The Labute approximate surface area is 145 Å². The van der Waals surface area contributed by atoms with E-state index < -0.39 is 0 Å². The van der Waals surface area contributed by atoms with Gasteiger partial charge >= 0.3 is 0 Å². The van der Waals surface area contributed by atoms with Gasteiger partial charge in [0.25, 0.3) is 5.91 Å². The largest absolute Gasteiger partial charge is 0.335 e. The monoisotopic (exact) mass is 330 g/mol. The molecule has 5 heteroatoms. The summed E-state index contributed by atoms with van der Waals surface area (Å²) in [6.07, 6.45) is 5.87. The number of carbonyl (C=O) groups is 1. The van der Waals surface area contributed by atoms with Crippen molar-refractivity contribution in [1.29, 1.82) is 0 Å². The number of carbonyl (C=O) groups excluding carboxylic acids is 1. The number of pyridine rings is 1. The van der Waals surface area contributed by atoms with E-state index in [0.717, 1.165) is 25.2 Å². The molecule has 1 aromatic heterocycles. The van der Waals surface area contributed by atoms with E-state index in [1.54, 1.807) is 24.5 Å². The lowest BCUT2D eigenvalue weighted by Crippen LogP contribution is -2.64. The van der Waals surface area contributed by atoms with E-state index in [1.807, 2.05) is 4.90 Å². The van der Waals surface area contributed by atoms with Crippen LogP contribution in [0.15, 0.2) is 24.5 Å². The number of aromatic nitrogens is 1. The highest BCUT2D eigenvalue weighted by Gasteiger charge is 2.38. The third kappa shape index (κ3) is 3.95. The van der Waals surface area contributed by atoms with Gasteiger partial charge < -0.3 is 9.80 Å². The minimum absolute atomic E-state index is 0.140. The van der Waals surface area contributed by atoms with Crippen molar-refractivity contribution in [3.63, 3.8) is 0 Å². The van der Waals surface area contributed by atoms with Crippen LogP contribution in [0, 0.1) is 5.92 Å². The number of piperidine rings is 1. The molecule has 2 aliphatic rings. The summed E-state index contributed by atoms with van der Waals surface area (Å²) in [5.74, 6) is 0.802. The average molecular weight is 330 g/mol. The summed E-state index contributed by atoms with van der Waals surface area (Å²) < 4.78 is 0. The second-order valence-corrected chi connectivity index (χ2v) is 7.72. The second-order valence-electron chi connectivity index (χ2n) is 7.72. The van der Waals surface area contributed by atoms with Crippen molar-refractivity contribution in [2.24, 2.45) is 5.92 Å². The van der Waals surface area contributed by atoms with Crippen molar-refractivity contribution in [1.82, 2.24) is 19.7 Å². The zero-order chi connectivity index (χ0) is 17.1. The molecule has 0 unspecified atom stereocenters. The van der Waals surface area contributed by atoms with E-state index in [1.165, 1.54) is 25.9 Å². The SMILES string of the molecule is CC(C)CN(C1CCN(C)CC1)C1CN(C(=O)c2ccncc2)C1. The lowest BCUT2D eigenvalue weighted by atomic mass is 9.96. The first-order valence-corrected chi connectivity index (χ1v) is 9.18. The normalized spacial score (nSPS) is 20.6.